The van der Waals surface area contributed by atoms with Crippen molar-refractivity contribution in [2.45, 2.75) is 5.22 Å². The number of amides is 1. The van der Waals surface area contributed by atoms with Gasteiger partial charge < -0.3 is 14.5 Å². The highest BCUT2D eigenvalue weighted by Gasteiger charge is 2.09. The van der Waals surface area contributed by atoms with Gasteiger partial charge in [-0.3, -0.25) is 4.79 Å². The van der Waals surface area contributed by atoms with Crippen LogP contribution in [0.2, 0.25) is 0 Å². The van der Waals surface area contributed by atoms with Gasteiger partial charge in [0.15, 0.2) is 5.76 Å². The number of nitrogens with one attached hydrogen (secondary N) is 1. The zero-order valence-electron chi connectivity index (χ0n) is 13.1. The molecule has 0 bridgehead atoms. The largest absolute Gasteiger partial charge is 0.497 e. The number of oxazole rings is 1. The highest BCUT2D eigenvalue weighted by atomic mass is 32.2. The fraction of sp³-hybridized carbons (Fsp3) is 0.111. The summed E-state index contributed by atoms with van der Waals surface area (Å²) in [5.74, 6) is 1.54. The molecule has 0 aliphatic rings. The second kappa shape index (κ2) is 7.70. The molecule has 1 N–H and O–H groups in total. The lowest BCUT2D eigenvalue weighted by Crippen LogP contribution is -2.13. The van der Waals surface area contributed by atoms with Crippen LogP contribution in [0.4, 0.5) is 5.69 Å². The fourth-order valence-electron chi connectivity index (χ4n) is 2.06. The van der Waals surface area contributed by atoms with Crippen molar-refractivity contribution in [1.29, 1.82) is 0 Å². The van der Waals surface area contributed by atoms with Crippen LogP contribution >= 0.6 is 11.8 Å². The number of rotatable bonds is 6. The highest BCUT2D eigenvalue weighted by molar-refractivity contribution is 7.99. The summed E-state index contributed by atoms with van der Waals surface area (Å²) >= 11 is 1.26. The molecular formula is C18H16N2O3S. The Kier molecular flexibility index (Phi) is 5.18. The Morgan fingerprint density at radius 1 is 1.17 bits per heavy atom. The lowest BCUT2D eigenvalue weighted by molar-refractivity contribution is -0.113. The summed E-state index contributed by atoms with van der Waals surface area (Å²) in [6.07, 6.45) is 1.67. The number of aromatic nitrogens is 1. The van der Waals surface area contributed by atoms with E-state index in [1.54, 1.807) is 37.6 Å². The predicted octanol–water partition coefficient (Wildman–Crippen LogP) is 4.08. The van der Waals surface area contributed by atoms with Gasteiger partial charge in [0.25, 0.3) is 5.22 Å². The first-order chi connectivity index (χ1) is 11.7. The molecule has 0 atom stereocenters. The van der Waals surface area contributed by atoms with Crippen molar-refractivity contribution in [3.05, 3.63) is 60.8 Å². The molecule has 0 radical (unpaired) electrons. The van der Waals surface area contributed by atoms with Gasteiger partial charge in [-0.05, 0) is 24.3 Å². The summed E-state index contributed by atoms with van der Waals surface area (Å²) in [6.45, 7) is 0. The first-order valence-corrected chi connectivity index (χ1v) is 8.31. The number of ether oxygens (including phenoxy) is 1. The number of carbonyl (C=O) groups is 1. The van der Waals surface area contributed by atoms with Crippen LogP contribution < -0.4 is 10.1 Å². The molecule has 0 aliphatic heterocycles. The minimum Gasteiger partial charge on any atom is -0.497 e. The van der Waals surface area contributed by atoms with Crippen LogP contribution in [0.3, 0.4) is 0 Å². The third-order valence-corrected chi connectivity index (χ3v) is 4.09. The van der Waals surface area contributed by atoms with Crippen LogP contribution in [0.15, 0.2) is 70.4 Å². The Morgan fingerprint density at radius 3 is 2.62 bits per heavy atom. The minimum atomic E-state index is -0.121. The predicted molar refractivity (Wildman–Crippen MR) is 94.3 cm³/mol. The van der Waals surface area contributed by atoms with Crippen molar-refractivity contribution in [3.8, 4) is 17.1 Å². The lowest BCUT2D eigenvalue weighted by Gasteiger charge is -2.05. The van der Waals surface area contributed by atoms with E-state index in [-0.39, 0.29) is 11.7 Å². The van der Waals surface area contributed by atoms with Crippen LogP contribution in [-0.2, 0) is 4.79 Å². The topological polar surface area (TPSA) is 64.4 Å². The van der Waals surface area contributed by atoms with Crippen molar-refractivity contribution >= 4 is 23.4 Å². The Bertz CT molecular complexity index is 801. The standard InChI is InChI=1S/C18H16N2O3S/c1-22-15-9-7-14(8-10-15)20-17(21)12-24-18-19-11-16(23-18)13-5-3-2-4-6-13/h2-11H,12H2,1H3,(H,20,21). The molecule has 122 valence electrons. The number of nitrogens with zero attached hydrogens (tertiary/aromatic N) is 1. The monoisotopic (exact) mass is 340 g/mol. The molecule has 6 heteroatoms. The number of thioether (sulfide) groups is 1. The van der Waals surface area contributed by atoms with Gasteiger partial charge in [0, 0.05) is 11.3 Å². The van der Waals surface area contributed by atoms with Crippen molar-refractivity contribution in [3.63, 3.8) is 0 Å². The summed E-state index contributed by atoms with van der Waals surface area (Å²) in [5, 5.41) is 3.29. The second-order valence-corrected chi connectivity index (χ2v) is 5.85. The number of hydrogen-bond donors (Lipinski definition) is 1. The van der Waals surface area contributed by atoms with E-state index in [2.05, 4.69) is 10.3 Å². The van der Waals surface area contributed by atoms with Gasteiger partial charge >= 0.3 is 0 Å². The molecule has 2 aromatic carbocycles. The third-order valence-electron chi connectivity index (χ3n) is 3.24. The first kappa shape index (κ1) is 16.1. The van der Waals surface area contributed by atoms with Crippen LogP contribution in [0.1, 0.15) is 0 Å². The maximum absolute atomic E-state index is 12.0. The average molecular weight is 340 g/mol. The molecule has 1 aromatic heterocycles. The van der Waals surface area contributed by atoms with Crippen LogP contribution in [0, 0.1) is 0 Å². The molecule has 0 saturated heterocycles. The van der Waals surface area contributed by atoms with Crippen LogP contribution in [-0.4, -0.2) is 23.8 Å². The zero-order chi connectivity index (χ0) is 16.8. The molecule has 5 nitrogen and oxygen atoms in total. The number of hydrogen-bond acceptors (Lipinski definition) is 5. The molecule has 1 amide bonds. The van der Waals surface area contributed by atoms with Crippen molar-refractivity contribution in [1.82, 2.24) is 4.98 Å². The Labute approximate surface area is 144 Å². The normalized spacial score (nSPS) is 10.4. The Hall–Kier alpha value is -2.73. The highest BCUT2D eigenvalue weighted by Crippen LogP contribution is 2.25. The Morgan fingerprint density at radius 2 is 1.92 bits per heavy atom. The van der Waals surface area contributed by atoms with E-state index in [0.717, 1.165) is 17.0 Å². The van der Waals surface area contributed by atoms with E-state index in [1.807, 2.05) is 30.3 Å². The molecule has 0 spiro atoms. The zero-order valence-corrected chi connectivity index (χ0v) is 13.9. The first-order valence-electron chi connectivity index (χ1n) is 7.32. The third kappa shape index (κ3) is 4.17. The SMILES string of the molecule is COc1ccc(NC(=O)CSc2ncc(-c3ccccc3)o2)cc1. The summed E-state index contributed by atoms with van der Waals surface area (Å²) in [5.41, 5.74) is 1.68. The lowest BCUT2D eigenvalue weighted by atomic mass is 10.2. The van der Waals surface area contributed by atoms with Crippen molar-refractivity contribution < 1.29 is 13.9 Å². The van der Waals surface area contributed by atoms with Crippen LogP contribution in [0.5, 0.6) is 5.75 Å². The van der Waals surface area contributed by atoms with Gasteiger partial charge in [-0.25, -0.2) is 4.98 Å². The molecule has 0 aliphatic carbocycles. The quantitative estimate of drug-likeness (QED) is 0.685. The van der Waals surface area contributed by atoms with E-state index in [4.69, 9.17) is 9.15 Å². The second-order valence-electron chi connectivity index (χ2n) is 4.92. The van der Waals surface area contributed by atoms with E-state index in [9.17, 15) is 4.79 Å². The van der Waals surface area contributed by atoms with E-state index in [1.165, 1.54) is 11.8 Å². The maximum Gasteiger partial charge on any atom is 0.256 e. The van der Waals surface area contributed by atoms with E-state index in [0.29, 0.717) is 11.0 Å². The molecule has 0 saturated carbocycles. The molecular weight excluding hydrogens is 324 g/mol. The fourth-order valence-corrected chi connectivity index (χ4v) is 2.66. The van der Waals surface area contributed by atoms with Gasteiger partial charge in [-0.1, -0.05) is 42.1 Å². The number of benzene rings is 2. The van der Waals surface area contributed by atoms with Gasteiger partial charge in [0.2, 0.25) is 5.91 Å². The average Bonchev–Trinajstić information content (AvgIpc) is 3.10. The molecule has 0 unspecified atom stereocenters. The molecule has 3 rings (SSSR count). The number of carbonyl (C=O) groups excluding carboxylic acids is 1. The Balaban J connectivity index is 1.53. The van der Waals surface area contributed by atoms with Gasteiger partial charge in [-0.15, -0.1) is 0 Å². The van der Waals surface area contributed by atoms with Gasteiger partial charge in [0.1, 0.15) is 5.75 Å². The van der Waals surface area contributed by atoms with Gasteiger partial charge in [0.05, 0.1) is 19.1 Å². The molecule has 3 aromatic rings. The summed E-state index contributed by atoms with van der Waals surface area (Å²) in [6, 6.07) is 16.9. The van der Waals surface area contributed by atoms with Crippen molar-refractivity contribution in [2.24, 2.45) is 0 Å². The summed E-state index contributed by atoms with van der Waals surface area (Å²) in [7, 11) is 1.60. The molecule has 1 heterocycles. The van der Waals surface area contributed by atoms with Crippen LogP contribution in [0.25, 0.3) is 11.3 Å². The minimum absolute atomic E-state index is 0.121. The number of anilines is 1. The molecule has 0 fully saturated rings. The van der Waals surface area contributed by atoms with E-state index < -0.39 is 0 Å². The smallest absolute Gasteiger partial charge is 0.256 e. The maximum atomic E-state index is 12.0. The number of methoxy groups -OCH3 is 1. The van der Waals surface area contributed by atoms with E-state index >= 15 is 0 Å². The van der Waals surface area contributed by atoms with Crippen molar-refractivity contribution in [2.75, 3.05) is 18.2 Å². The molecule has 24 heavy (non-hydrogen) atoms. The van der Waals surface area contributed by atoms with Gasteiger partial charge in [-0.2, -0.15) is 0 Å². The summed E-state index contributed by atoms with van der Waals surface area (Å²) in [4.78, 5) is 16.2. The summed E-state index contributed by atoms with van der Waals surface area (Å²) < 4.78 is 10.7.